The molecule has 0 saturated heterocycles. The predicted molar refractivity (Wildman–Crippen MR) is 79.2 cm³/mol. The monoisotopic (exact) mass is 267 g/mol. The van der Waals surface area contributed by atoms with Gasteiger partial charge < -0.3 is 10.1 Å². The Balaban J connectivity index is 2.42. The highest BCUT2D eigenvalue weighted by molar-refractivity contribution is 5.15. The van der Waals surface area contributed by atoms with Crippen LogP contribution in [0, 0.1) is 12.8 Å². The van der Waals surface area contributed by atoms with E-state index in [1.165, 1.54) is 11.3 Å². The molecule has 0 aromatic carbocycles. The maximum Gasteiger partial charge on any atom is 0.0669 e. The first-order valence-corrected chi connectivity index (χ1v) is 7.15. The van der Waals surface area contributed by atoms with Gasteiger partial charge in [-0.25, -0.2) is 0 Å². The lowest BCUT2D eigenvalue weighted by molar-refractivity contribution is -0.00809. The van der Waals surface area contributed by atoms with E-state index in [9.17, 15) is 0 Å². The molecule has 1 rings (SSSR count). The first kappa shape index (κ1) is 16.2. The molecule has 0 unspecified atom stereocenters. The van der Waals surface area contributed by atoms with Crippen LogP contribution >= 0.6 is 0 Å². The van der Waals surface area contributed by atoms with Crippen LogP contribution < -0.4 is 5.32 Å². The third-order valence-electron chi connectivity index (χ3n) is 2.91. The van der Waals surface area contributed by atoms with Crippen molar-refractivity contribution in [1.29, 1.82) is 0 Å². The summed E-state index contributed by atoms with van der Waals surface area (Å²) in [5.41, 5.74) is 2.42. The van der Waals surface area contributed by atoms with E-state index in [0.29, 0.717) is 12.5 Å². The van der Waals surface area contributed by atoms with Crippen molar-refractivity contribution < 1.29 is 4.74 Å². The number of hydrogen-bond donors (Lipinski definition) is 1. The zero-order valence-electron chi connectivity index (χ0n) is 13.3. The number of hydrogen-bond acceptors (Lipinski definition) is 3. The summed E-state index contributed by atoms with van der Waals surface area (Å²) in [4.78, 5) is 0. The molecule has 1 heterocycles. The Morgan fingerprint density at radius 2 is 2.05 bits per heavy atom. The fourth-order valence-corrected chi connectivity index (χ4v) is 1.82. The van der Waals surface area contributed by atoms with E-state index < -0.39 is 0 Å². The van der Waals surface area contributed by atoms with Gasteiger partial charge in [0.25, 0.3) is 0 Å². The van der Waals surface area contributed by atoms with E-state index in [-0.39, 0.29) is 5.60 Å². The van der Waals surface area contributed by atoms with E-state index >= 15 is 0 Å². The van der Waals surface area contributed by atoms with Gasteiger partial charge in [-0.2, -0.15) is 5.10 Å². The van der Waals surface area contributed by atoms with Crippen molar-refractivity contribution in [3.8, 4) is 0 Å². The minimum Gasteiger partial charge on any atom is -0.374 e. The van der Waals surface area contributed by atoms with Gasteiger partial charge in [0.1, 0.15) is 0 Å². The zero-order valence-corrected chi connectivity index (χ0v) is 13.3. The lowest BCUT2D eigenvalue weighted by Crippen LogP contribution is -2.22. The molecule has 0 aliphatic heterocycles. The van der Waals surface area contributed by atoms with Gasteiger partial charge in [-0.1, -0.05) is 13.8 Å². The van der Waals surface area contributed by atoms with E-state index in [1.807, 2.05) is 10.9 Å². The van der Waals surface area contributed by atoms with Crippen molar-refractivity contribution in [2.45, 2.75) is 60.2 Å². The van der Waals surface area contributed by atoms with Gasteiger partial charge in [-0.3, -0.25) is 4.68 Å². The Bertz CT molecular complexity index is 377. The number of aromatic nitrogens is 2. The molecule has 0 bridgehead atoms. The van der Waals surface area contributed by atoms with Crippen LogP contribution in [-0.4, -0.2) is 28.5 Å². The molecule has 1 N–H and O–H groups in total. The van der Waals surface area contributed by atoms with Gasteiger partial charge >= 0.3 is 0 Å². The topological polar surface area (TPSA) is 39.1 Å². The average molecular weight is 267 g/mol. The Labute approximate surface area is 117 Å². The summed E-state index contributed by atoms with van der Waals surface area (Å²) < 4.78 is 7.76. The molecule has 4 heteroatoms. The molecule has 0 saturated carbocycles. The molecule has 0 amide bonds. The van der Waals surface area contributed by atoms with Gasteiger partial charge in [0, 0.05) is 17.8 Å². The molecular weight excluding hydrogens is 238 g/mol. The zero-order chi connectivity index (χ0) is 14.5. The number of nitrogens with one attached hydrogen (secondary N) is 1. The SMILES string of the molecule is Cc1c(CNCC(C)C)cnn1CCOC(C)(C)C. The summed E-state index contributed by atoms with van der Waals surface area (Å²) in [6, 6.07) is 0. The van der Waals surface area contributed by atoms with E-state index in [0.717, 1.165) is 19.6 Å². The molecule has 0 atom stereocenters. The summed E-state index contributed by atoms with van der Waals surface area (Å²) >= 11 is 0. The summed E-state index contributed by atoms with van der Waals surface area (Å²) in [6.07, 6.45) is 1.96. The van der Waals surface area contributed by atoms with Crippen LogP contribution in [0.25, 0.3) is 0 Å². The van der Waals surface area contributed by atoms with Crippen molar-refractivity contribution in [2.24, 2.45) is 5.92 Å². The molecule has 0 radical (unpaired) electrons. The maximum atomic E-state index is 5.73. The van der Waals surface area contributed by atoms with Crippen LogP contribution in [0.4, 0.5) is 0 Å². The van der Waals surface area contributed by atoms with Crippen molar-refractivity contribution in [2.75, 3.05) is 13.2 Å². The van der Waals surface area contributed by atoms with E-state index in [4.69, 9.17) is 4.74 Å². The maximum absolute atomic E-state index is 5.73. The third-order valence-corrected chi connectivity index (χ3v) is 2.91. The molecule has 1 aromatic heterocycles. The normalized spacial score (nSPS) is 12.4. The standard InChI is InChI=1S/C15H29N3O/c1-12(2)9-16-10-14-11-17-18(13(14)3)7-8-19-15(4,5)6/h11-12,16H,7-10H2,1-6H3. The fourth-order valence-electron chi connectivity index (χ4n) is 1.82. The van der Waals surface area contributed by atoms with Gasteiger partial charge in [0.2, 0.25) is 0 Å². The molecule has 110 valence electrons. The van der Waals surface area contributed by atoms with Gasteiger partial charge in [-0.15, -0.1) is 0 Å². The van der Waals surface area contributed by atoms with Crippen LogP contribution in [0.3, 0.4) is 0 Å². The Morgan fingerprint density at radius 1 is 1.37 bits per heavy atom. The Hall–Kier alpha value is -0.870. The molecule has 0 spiro atoms. The van der Waals surface area contributed by atoms with E-state index in [2.05, 4.69) is 52.0 Å². The van der Waals surface area contributed by atoms with Crippen LogP contribution in [0.1, 0.15) is 45.9 Å². The van der Waals surface area contributed by atoms with Crippen LogP contribution in [0.15, 0.2) is 6.20 Å². The number of rotatable bonds is 7. The summed E-state index contributed by atoms with van der Waals surface area (Å²) in [6.45, 7) is 16.2. The largest absolute Gasteiger partial charge is 0.374 e. The minimum atomic E-state index is -0.0806. The average Bonchev–Trinajstić information content (AvgIpc) is 2.59. The van der Waals surface area contributed by atoms with Crippen molar-refractivity contribution in [3.63, 3.8) is 0 Å². The Kier molecular flexibility index (Phi) is 6.01. The smallest absolute Gasteiger partial charge is 0.0669 e. The number of ether oxygens (including phenoxy) is 1. The molecule has 19 heavy (non-hydrogen) atoms. The van der Waals surface area contributed by atoms with Crippen LogP contribution in [0.5, 0.6) is 0 Å². The molecular formula is C15H29N3O. The van der Waals surface area contributed by atoms with Crippen LogP contribution in [0.2, 0.25) is 0 Å². The second-order valence-electron chi connectivity index (χ2n) is 6.46. The quantitative estimate of drug-likeness (QED) is 0.825. The van der Waals surface area contributed by atoms with Crippen molar-refractivity contribution in [3.05, 3.63) is 17.5 Å². The highest BCUT2D eigenvalue weighted by atomic mass is 16.5. The summed E-state index contributed by atoms with van der Waals surface area (Å²) in [5, 5.41) is 7.88. The molecule has 1 aromatic rings. The second kappa shape index (κ2) is 7.06. The molecule has 0 fully saturated rings. The third kappa shape index (κ3) is 6.21. The molecule has 0 aliphatic carbocycles. The summed E-state index contributed by atoms with van der Waals surface area (Å²) in [7, 11) is 0. The molecule has 4 nitrogen and oxygen atoms in total. The fraction of sp³-hybridized carbons (Fsp3) is 0.800. The number of nitrogens with zero attached hydrogens (tertiary/aromatic N) is 2. The second-order valence-corrected chi connectivity index (χ2v) is 6.46. The van der Waals surface area contributed by atoms with Gasteiger partial charge in [-0.05, 0) is 40.2 Å². The Morgan fingerprint density at radius 3 is 2.63 bits per heavy atom. The predicted octanol–water partition coefficient (Wildman–Crippen LogP) is 2.75. The van der Waals surface area contributed by atoms with Gasteiger partial charge in [0.05, 0.1) is 24.9 Å². The van der Waals surface area contributed by atoms with Gasteiger partial charge in [0.15, 0.2) is 0 Å². The lowest BCUT2D eigenvalue weighted by Gasteiger charge is -2.19. The van der Waals surface area contributed by atoms with Crippen molar-refractivity contribution in [1.82, 2.24) is 15.1 Å². The molecule has 0 aliphatic rings. The lowest BCUT2D eigenvalue weighted by atomic mass is 10.2. The van der Waals surface area contributed by atoms with Crippen molar-refractivity contribution >= 4 is 0 Å². The highest BCUT2D eigenvalue weighted by Crippen LogP contribution is 2.09. The summed E-state index contributed by atoms with van der Waals surface area (Å²) in [5.74, 6) is 0.676. The first-order valence-electron chi connectivity index (χ1n) is 7.15. The minimum absolute atomic E-state index is 0.0806. The first-order chi connectivity index (χ1) is 8.79. The van der Waals surface area contributed by atoms with E-state index in [1.54, 1.807) is 0 Å². The van der Waals surface area contributed by atoms with Crippen LogP contribution in [-0.2, 0) is 17.8 Å². The highest BCUT2D eigenvalue weighted by Gasteiger charge is 2.11.